The van der Waals surface area contributed by atoms with Crippen molar-refractivity contribution in [1.82, 2.24) is 9.97 Å². The quantitative estimate of drug-likeness (QED) is 0.275. The number of hydrazine groups is 1. The second-order valence-corrected chi connectivity index (χ2v) is 5.17. The van der Waals surface area contributed by atoms with Gasteiger partial charge in [0.1, 0.15) is 11.6 Å². The van der Waals surface area contributed by atoms with Gasteiger partial charge in [-0.2, -0.15) is 0 Å². The van der Waals surface area contributed by atoms with Crippen LogP contribution in [0.15, 0.2) is 11.2 Å². The molecule has 0 amide bonds. The van der Waals surface area contributed by atoms with Crippen molar-refractivity contribution < 1.29 is 5.11 Å². The summed E-state index contributed by atoms with van der Waals surface area (Å²) < 4.78 is 0. The minimum Gasteiger partial charge on any atom is -0.396 e. The molecular formula is C11H19N5OS. The molecular weight excluding hydrogens is 250 g/mol. The Hall–Kier alpha value is -1.05. The molecule has 6 nitrogen and oxygen atoms in total. The Labute approximate surface area is 111 Å². The average Bonchev–Trinajstić information content (AvgIpc) is 2.85. The number of nitrogens with zero attached hydrogens (tertiary/aromatic N) is 2. The zero-order chi connectivity index (χ0) is 13.0. The van der Waals surface area contributed by atoms with Gasteiger partial charge in [-0.1, -0.05) is 18.2 Å². The molecule has 2 atom stereocenters. The molecule has 2 rings (SSSR count). The first kappa shape index (κ1) is 13.4. The third-order valence-corrected chi connectivity index (χ3v) is 3.81. The average molecular weight is 269 g/mol. The van der Waals surface area contributed by atoms with Crippen molar-refractivity contribution in [3.63, 3.8) is 0 Å². The SMILES string of the molecule is CSc1nc(NN)cc(NC2CCCC2CO)n1. The molecule has 0 saturated heterocycles. The smallest absolute Gasteiger partial charge is 0.191 e. The third kappa shape index (κ3) is 3.04. The number of nitrogens with one attached hydrogen (secondary N) is 2. The Bertz CT molecular complexity index is 381. The Morgan fingerprint density at radius 2 is 2.22 bits per heavy atom. The largest absolute Gasteiger partial charge is 0.396 e. The van der Waals surface area contributed by atoms with E-state index in [1.807, 2.05) is 6.26 Å². The van der Waals surface area contributed by atoms with E-state index in [-0.39, 0.29) is 12.6 Å². The fourth-order valence-electron chi connectivity index (χ4n) is 2.30. The van der Waals surface area contributed by atoms with Crippen LogP contribution in [0.4, 0.5) is 11.6 Å². The van der Waals surface area contributed by atoms with E-state index in [2.05, 4.69) is 20.7 Å². The van der Waals surface area contributed by atoms with E-state index in [4.69, 9.17) is 5.84 Å². The number of nitrogen functional groups attached to an aromatic ring is 1. The molecule has 0 aliphatic heterocycles. The first-order valence-corrected chi connectivity index (χ1v) is 7.26. The van der Waals surface area contributed by atoms with Gasteiger partial charge in [0, 0.05) is 24.6 Å². The summed E-state index contributed by atoms with van der Waals surface area (Å²) in [6, 6.07) is 2.07. The van der Waals surface area contributed by atoms with Crippen molar-refractivity contribution in [2.45, 2.75) is 30.5 Å². The highest BCUT2D eigenvalue weighted by Gasteiger charge is 2.26. The van der Waals surface area contributed by atoms with Crippen molar-refractivity contribution >= 4 is 23.4 Å². The van der Waals surface area contributed by atoms with Gasteiger partial charge in [0.05, 0.1) is 0 Å². The number of rotatable bonds is 5. The molecule has 18 heavy (non-hydrogen) atoms. The maximum absolute atomic E-state index is 9.31. The van der Waals surface area contributed by atoms with Crippen LogP contribution < -0.4 is 16.6 Å². The lowest BCUT2D eigenvalue weighted by Gasteiger charge is -2.20. The first-order chi connectivity index (χ1) is 8.76. The van der Waals surface area contributed by atoms with Crippen molar-refractivity contribution in [3.8, 4) is 0 Å². The molecule has 5 N–H and O–H groups in total. The fourth-order valence-corrected chi connectivity index (χ4v) is 2.68. The summed E-state index contributed by atoms with van der Waals surface area (Å²) >= 11 is 1.47. The van der Waals surface area contributed by atoms with E-state index in [0.29, 0.717) is 16.9 Å². The fraction of sp³-hybridized carbons (Fsp3) is 0.636. The van der Waals surface area contributed by atoms with Crippen LogP contribution in [0.5, 0.6) is 0 Å². The summed E-state index contributed by atoms with van der Waals surface area (Å²) in [5, 5.41) is 13.4. The molecule has 100 valence electrons. The van der Waals surface area contributed by atoms with Crippen LogP contribution in [0.1, 0.15) is 19.3 Å². The van der Waals surface area contributed by atoms with Crippen LogP contribution in [0.3, 0.4) is 0 Å². The van der Waals surface area contributed by atoms with E-state index in [1.165, 1.54) is 11.8 Å². The van der Waals surface area contributed by atoms with Crippen LogP contribution in [-0.2, 0) is 0 Å². The van der Waals surface area contributed by atoms with E-state index in [0.717, 1.165) is 25.1 Å². The van der Waals surface area contributed by atoms with E-state index in [9.17, 15) is 5.11 Å². The Balaban J connectivity index is 2.12. The molecule has 0 spiro atoms. The lowest BCUT2D eigenvalue weighted by Crippen LogP contribution is -2.27. The van der Waals surface area contributed by atoms with E-state index >= 15 is 0 Å². The van der Waals surface area contributed by atoms with Crippen LogP contribution in [0.2, 0.25) is 0 Å². The maximum Gasteiger partial charge on any atom is 0.191 e. The minimum absolute atomic E-state index is 0.222. The number of aliphatic hydroxyl groups excluding tert-OH is 1. The Kier molecular flexibility index (Phi) is 4.62. The van der Waals surface area contributed by atoms with Gasteiger partial charge >= 0.3 is 0 Å². The second kappa shape index (κ2) is 6.21. The maximum atomic E-state index is 9.31. The van der Waals surface area contributed by atoms with Crippen molar-refractivity contribution in [1.29, 1.82) is 0 Å². The number of nitrogens with two attached hydrogens (primary N) is 1. The normalized spacial score (nSPS) is 23.1. The summed E-state index contributed by atoms with van der Waals surface area (Å²) in [6.07, 6.45) is 5.20. The highest BCUT2D eigenvalue weighted by molar-refractivity contribution is 7.98. The van der Waals surface area contributed by atoms with Gasteiger partial charge in [-0.05, 0) is 19.1 Å². The summed E-state index contributed by atoms with van der Waals surface area (Å²) in [7, 11) is 0. The number of aliphatic hydroxyl groups is 1. The molecule has 7 heteroatoms. The predicted octanol–water partition coefficient (Wildman–Crippen LogP) is 1.06. The van der Waals surface area contributed by atoms with Crippen LogP contribution in [0.25, 0.3) is 0 Å². The number of hydrogen-bond acceptors (Lipinski definition) is 7. The summed E-state index contributed by atoms with van der Waals surface area (Å²) in [6.45, 7) is 0.222. The zero-order valence-corrected chi connectivity index (χ0v) is 11.2. The molecule has 1 saturated carbocycles. The van der Waals surface area contributed by atoms with Gasteiger partial charge < -0.3 is 15.8 Å². The molecule has 1 fully saturated rings. The number of hydrogen-bond donors (Lipinski definition) is 4. The topological polar surface area (TPSA) is 96.1 Å². The predicted molar refractivity (Wildman–Crippen MR) is 73.5 cm³/mol. The van der Waals surface area contributed by atoms with Gasteiger partial charge in [-0.25, -0.2) is 15.8 Å². The van der Waals surface area contributed by atoms with Gasteiger partial charge in [0.25, 0.3) is 0 Å². The van der Waals surface area contributed by atoms with Gasteiger partial charge in [0.2, 0.25) is 0 Å². The van der Waals surface area contributed by atoms with Crippen molar-refractivity contribution in [2.24, 2.45) is 11.8 Å². The lowest BCUT2D eigenvalue weighted by molar-refractivity contribution is 0.222. The Morgan fingerprint density at radius 1 is 1.44 bits per heavy atom. The van der Waals surface area contributed by atoms with E-state index < -0.39 is 0 Å². The highest BCUT2D eigenvalue weighted by Crippen LogP contribution is 2.28. The molecule has 2 unspecified atom stereocenters. The molecule has 1 aromatic heterocycles. The standard InChI is InChI=1S/C11H19N5OS/c1-18-11-14-9(5-10(15-11)16-12)13-8-4-2-3-7(8)6-17/h5,7-8,17H,2-4,6,12H2,1H3,(H2,13,14,15,16). The zero-order valence-electron chi connectivity index (χ0n) is 10.4. The lowest BCUT2D eigenvalue weighted by atomic mass is 10.1. The number of thioether (sulfide) groups is 1. The Morgan fingerprint density at radius 3 is 2.89 bits per heavy atom. The highest BCUT2D eigenvalue weighted by atomic mass is 32.2. The molecule has 1 heterocycles. The summed E-state index contributed by atoms with van der Waals surface area (Å²) in [5.74, 6) is 7.05. The van der Waals surface area contributed by atoms with Gasteiger partial charge in [0.15, 0.2) is 5.16 Å². The molecule has 1 aliphatic carbocycles. The molecule has 1 aromatic rings. The van der Waals surface area contributed by atoms with Gasteiger partial charge in [-0.15, -0.1) is 0 Å². The monoisotopic (exact) mass is 269 g/mol. The third-order valence-electron chi connectivity index (χ3n) is 3.26. The first-order valence-electron chi connectivity index (χ1n) is 6.04. The second-order valence-electron chi connectivity index (χ2n) is 4.39. The van der Waals surface area contributed by atoms with E-state index in [1.54, 1.807) is 6.07 Å². The number of anilines is 2. The molecule has 0 bridgehead atoms. The molecule has 0 aromatic carbocycles. The number of aromatic nitrogens is 2. The molecule has 0 radical (unpaired) electrons. The van der Waals surface area contributed by atoms with Crippen molar-refractivity contribution in [2.75, 3.05) is 23.6 Å². The van der Waals surface area contributed by atoms with Crippen LogP contribution in [-0.4, -0.2) is 34.0 Å². The molecule has 1 aliphatic rings. The van der Waals surface area contributed by atoms with Crippen molar-refractivity contribution in [3.05, 3.63) is 6.07 Å². The van der Waals surface area contributed by atoms with Gasteiger partial charge in [-0.3, -0.25) is 0 Å². The van der Waals surface area contributed by atoms with Crippen LogP contribution >= 0.6 is 11.8 Å². The summed E-state index contributed by atoms with van der Waals surface area (Å²) in [5.41, 5.74) is 2.54. The van der Waals surface area contributed by atoms with Crippen LogP contribution in [0, 0.1) is 5.92 Å². The summed E-state index contributed by atoms with van der Waals surface area (Å²) in [4.78, 5) is 8.61. The minimum atomic E-state index is 0.222.